The molecule has 1 aliphatic rings. The van der Waals surface area contributed by atoms with Gasteiger partial charge in [0.15, 0.2) is 5.78 Å². The smallest absolute Gasteiger partial charge is 0.354 e. The molecule has 1 aliphatic heterocycles. The Morgan fingerprint density at radius 1 is 1.07 bits per heavy atom. The van der Waals surface area contributed by atoms with Crippen LogP contribution in [0.3, 0.4) is 0 Å². The highest BCUT2D eigenvalue weighted by Crippen LogP contribution is 2.29. The molecule has 0 radical (unpaired) electrons. The maximum Gasteiger partial charge on any atom is 0.433 e. The number of Topliss-reactive ketones (excluding diaryl/α,β-unsaturated/α-hetero) is 1. The number of hydrogen-bond acceptors (Lipinski definition) is 6. The van der Waals surface area contributed by atoms with Gasteiger partial charge in [0, 0.05) is 37.8 Å². The Hall–Kier alpha value is -2.53. The second kappa shape index (κ2) is 7.47. The maximum absolute atomic E-state index is 12.8. The Kier molecular flexibility index (Phi) is 5.39. The van der Waals surface area contributed by atoms with E-state index in [0.717, 1.165) is 12.4 Å². The fourth-order valence-corrected chi connectivity index (χ4v) is 4.33. The normalized spacial score (nSPS) is 16.2. The van der Waals surface area contributed by atoms with Gasteiger partial charge in [-0.15, -0.1) is 0 Å². The molecule has 7 nitrogen and oxygen atoms in total. The van der Waals surface area contributed by atoms with Gasteiger partial charge in [-0.1, -0.05) is 12.1 Å². The number of rotatable bonds is 4. The van der Waals surface area contributed by atoms with Crippen molar-refractivity contribution in [3.63, 3.8) is 0 Å². The van der Waals surface area contributed by atoms with Gasteiger partial charge in [-0.05, 0) is 19.1 Å². The Bertz CT molecular complexity index is 987. The zero-order valence-electron chi connectivity index (χ0n) is 14.8. The second-order valence-corrected chi connectivity index (χ2v) is 8.17. The van der Waals surface area contributed by atoms with Crippen molar-refractivity contribution in [2.75, 3.05) is 31.1 Å². The lowest BCUT2D eigenvalue weighted by atomic mass is 10.2. The van der Waals surface area contributed by atoms with Gasteiger partial charge in [0.25, 0.3) is 0 Å². The number of hydrogen-bond donors (Lipinski definition) is 0. The van der Waals surface area contributed by atoms with Crippen LogP contribution >= 0.6 is 0 Å². The number of sulfonamides is 1. The third-order valence-corrected chi connectivity index (χ3v) is 6.28. The summed E-state index contributed by atoms with van der Waals surface area (Å²) in [4.78, 5) is 20.2. The predicted molar refractivity (Wildman–Crippen MR) is 94.5 cm³/mol. The SMILES string of the molecule is CC(=O)c1cccc(S(=O)(=O)N2CCN(c3cc(C(F)(F)F)ncn3)CC2)c1. The summed E-state index contributed by atoms with van der Waals surface area (Å²) >= 11 is 0. The highest BCUT2D eigenvalue weighted by atomic mass is 32.2. The highest BCUT2D eigenvalue weighted by molar-refractivity contribution is 7.89. The number of nitrogens with zero attached hydrogens (tertiary/aromatic N) is 4. The summed E-state index contributed by atoms with van der Waals surface area (Å²) < 4.78 is 65.3. The number of halogens is 3. The Balaban J connectivity index is 1.75. The summed E-state index contributed by atoms with van der Waals surface area (Å²) in [6, 6.07) is 6.62. The molecule has 0 aliphatic carbocycles. The van der Waals surface area contributed by atoms with E-state index >= 15 is 0 Å². The average Bonchev–Trinajstić information content (AvgIpc) is 2.67. The van der Waals surface area contributed by atoms with Gasteiger partial charge >= 0.3 is 6.18 Å². The number of anilines is 1. The minimum absolute atomic E-state index is 0.00930. The fraction of sp³-hybridized carbons (Fsp3) is 0.353. The van der Waals surface area contributed by atoms with Crippen LogP contribution in [0, 0.1) is 0 Å². The number of carbonyl (C=O) groups is 1. The maximum atomic E-state index is 12.8. The second-order valence-electron chi connectivity index (χ2n) is 6.23. The van der Waals surface area contributed by atoms with Gasteiger partial charge in [-0.3, -0.25) is 4.79 Å². The number of carbonyl (C=O) groups excluding carboxylic acids is 1. The van der Waals surface area contributed by atoms with Crippen molar-refractivity contribution in [2.24, 2.45) is 0 Å². The minimum atomic E-state index is -4.58. The summed E-state index contributed by atoms with van der Waals surface area (Å²) in [5, 5.41) is 0. The van der Waals surface area contributed by atoms with Crippen molar-refractivity contribution < 1.29 is 26.4 Å². The molecule has 1 aromatic heterocycles. The first-order valence-electron chi connectivity index (χ1n) is 8.34. The third kappa shape index (κ3) is 4.14. The molecular formula is C17H17F3N4O3S. The average molecular weight is 414 g/mol. The number of benzene rings is 1. The van der Waals surface area contributed by atoms with Crippen molar-refractivity contribution in [2.45, 2.75) is 18.0 Å². The van der Waals surface area contributed by atoms with Crippen molar-refractivity contribution in [3.8, 4) is 0 Å². The zero-order chi connectivity index (χ0) is 20.5. The summed E-state index contributed by atoms with van der Waals surface area (Å²) in [5.41, 5.74) is -0.756. The fourth-order valence-electron chi connectivity index (χ4n) is 2.86. The van der Waals surface area contributed by atoms with Crippen LogP contribution in [-0.2, 0) is 16.2 Å². The van der Waals surface area contributed by atoms with Crippen molar-refractivity contribution >= 4 is 21.6 Å². The largest absolute Gasteiger partial charge is 0.433 e. The first-order valence-corrected chi connectivity index (χ1v) is 9.78. The monoisotopic (exact) mass is 414 g/mol. The number of aromatic nitrogens is 2. The molecule has 0 amide bonds. The molecule has 2 aromatic rings. The summed E-state index contributed by atoms with van der Waals surface area (Å²) in [7, 11) is -3.81. The van der Waals surface area contributed by atoms with Gasteiger partial charge in [0.05, 0.1) is 4.90 Å². The molecule has 0 spiro atoms. The quantitative estimate of drug-likeness (QED) is 0.714. The standard InChI is InChI=1S/C17H17F3N4O3S/c1-12(25)13-3-2-4-14(9-13)28(26,27)24-7-5-23(6-8-24)16-10-15(17(18,19)20)21-11-22-16/h2-4,9-11H,5-8H2,1H3. The van der Waals surface area contributed by atoms with Gasteiger partial charge in [0.2, 0.25) is 10.0 Å². The Morgan fingerprint density at radius 3 is 2.36 bits per heavy atom. The van der Waals surface area contributed by atoms with Crippen molar-refractivity contribution in [3.05, 3.63) is 47.9 Å². The minimum Gasteiger partial charge on any atom is -0.354 e. The van der Waals surface area contributed by atoms with E-state index in [1.54, 1.807) is 4.90 Å². The van der Waals surface area contributed by atoms with Crippen LogP contribution in [0.4, 0.5) is 19.0 Å². The summed E-state index contributed by atoms with van der Waals surface area (Å²) in [5.74, 6) is -0.149. The third-order valence-electron chi connectivity index (χ3n) is 4.38. The van der Waals surface area contributed by atoms with E-state index in [4.69, 9.17) is 0 Å². The molecule has 0 saturated carbocycles. The van der Waals surface area contributed by atoms with Crippen LogP contribution in [0.5, 0.6) is 0 Å². The number of alkyl halides is 3. The van der Waals surface area contributed by atoms with Crippen molar-refractivity contribution in [1.82, 2.24) is 14.3 Å². The van der Waals surface area contributed by atoms with Crippen molar-refractivity contribution in [1.29, 1.82) is 0 Å². The van der Waals surface area contributed by atoms with E-state index in [1.165, 1.54) is 35.5 Å². The van der Waals surface area contributed by atoms with E-state index in [1.807, 2.05) is 0 Å². The molecule has 28 heavy (non-hydrogen) atoms. The van der Waals surface area contributed by atoms with Crippen LogP contribution in [0.15, 0.2) is 41.6 Å². The van der Waals surface area contributed by atoms with Crippen LogP contribution in [-0.4, -0.2) is 54.7 Å². The molecule has 11 heteroatoms. The van der Waals surface area contributed by atoms with Crippen LogP contribution in [0.2, 0.25) is 0 Å². The Morgan fingerprint density at radius 2 is 1.75 bits per heavy atom. The molecular weight excluding hydrogens is 397 g/mol. The number of ketones is 1. The lowest BCUT2D eigenvalue weighted by Crippen LogP contribution is -2.49. The molecule has 0 N–H and O–H groups in total. The summed E-state index contributed by atoms with van der Waals surface area (Å²) in [6.45, 7) is 1.87. The first-order chi connectivity index (χ1) is 13.1. The summed E-state index contributed by atoms with van der Waals surface area (Å²) in [6.07, 6.45) is -3.74. The molecule has 2 heterocycles. The van der Waals surface area contributed by atoms with Gasteiger partial charge in [0.1, 0.15) is 17.8 Å². The zero-order valence-corrected chi connectivity index (χ0v) is 15.7. The van der Waals surface area contributed by atoms with Gasteiger partial charge in [-0.2, -0.15) is 17.5 Å². The molecule has 0 unspecified atom stereocenters. The van der Waals surface area contributed by atoms with Crippen LogP contribution < -0.4 is 4.90 Å². The van der Waals surface area contributed by atoms with Gasteiger partial charge in [-0.25, -0.2) is 18.4 Å². The molecule has 1 fully saturated rings. The lowest BCUT2D eigenvalue weighted by Gasteiger charge is -2.34. The van der Waals surface area contributed by atoms with Crippen LogP contribution in [0.1, 0.15) is 23.0 Å². The first kappa shape index (κ1) is 20.2. The van der Waals surface area contributed by atoms with E-state index in [-0.39, 0.29) is 42.7 Å². The number of piperazine rings is 1. The Labute approximate surface area is 159 Å². The molecule has 150 valence electrons. The molecule has 1 aromatic carbocycles. The highest BCUT2D eigenvalue weighted by Gasteiger charge is 2.34. The van der Waals surface area contributed by atoms with Gasteiger partial charge < -0.3 is 4.90 Å². The van der Waals surface area contributed by atoms with E-state index < -0.39 is 21.9 Å². The van der Waals surface area contributed by atoms with E-state index in [0.29, 0.717) is 5.56 Å². The van der Waals surface area contributed by atoms with Crippen LogP contribution in [0.25, 0.3) is 0 Å². The molecule has 3 rings (SSSR count). The van der Waals surface area contributed by atoms with E-state index in [9.17, 15) is 26.4 Å². The lowest BCUT2D eigenvalue weighted by molar-refractivity contribution is -0.141. The molecule has 0 bridgehead atoms. The molecule has 0 atom stereocenters. The van der Waals surface area contributed by atoms with E-state index in [2.05, 4.69) is 9.97 Å². The molecule has 1 saturated heterocycles. The predicted octanol–water partition coefficient (Wildman–Crippen LogP) is 2.21. The topological polar surface area (TPSA) is 83.5 Å².